The Bertz CT molecular complexity index is 76.9. The average Bonchev–Trinajstić information content (AvgIpc) is 1.97. The Morgan fingerprint density at radius 2 is 1.64 bits per heavy atom. The van der Waals surface area contributed by atoms with Crippen molar-refractivity contribution in [3.8, 4) is 0 Å². The summed E-state index contributed by atoms with van der Waals surface area (Å²) in [6.45, 7) is 4.43. The molecule has 0 saturated carbocycles. The Balaban J connectivity index is 0. The Kier molecular flexibility index (Phi) is 16.2. The molecule has 0 nitrogen and oxygen atoms in total. The summed E-state index contributed by atoms with van der Waals surface area (Å²) in [7, 11) is 0. The van der Waals surface area contributed by atoms with Gasteiger partial charge in [0.25, 0.3) is 0 Å². The van der Waals surface area contributed by atoms with E-state index in [4.69, 9.17) is 0 Å². The first-order valence-electron chi connectivity index (χ1n) is 4.56. The molecule has 0 heterocycles. The van der Waals surface area contributed by atoms with Crippen LogP contribution in [0, 0.1) is 0 Å². The molecule has 0 aromatic rings. The molecule has 0 unspecified atom stereocenters. The van der Waals surface area contributed by atoms with Crippen molar-refractivity contribution in [1.82, 2.24) is 0 Å². The summed E-state index contributed by atoms with van der Waals surface area (Å²) in [5.41, 5.74) is 0. The van der Waals surface area contributed by atoms with Crippen LogP contribution >= 0.6 is 0 Å². The van der Waals surface area contributed by atoms with Crippen molar-refractivity contribution >= 4 is 17.4 Å². The van der Waals surface area contributed by atoms with Gasteiger partial charge in [-0.25, -0.2) is 0 Å². The van der Waals surface area contributed by atoms with Crippen LogP contribution in [0.15, 0.2) is 12.2 Å². The summed E-state index contributed by atoms with van der Waals surface area (Å²) in [4.78, 5) is 0. The molecule has 0 saturated heterocycles. The largest absolute Gasteiger partial charge is 0.0888 e. The predicted octanol–water partition coefficient (Wildman–Crippen LogP) is 3.54. The van der Waals surface area contributed by atoms with E-state index in [1.54, 1.807) is 0 Å². The van der Waals surface area contributed by atoms with Gasteiger partial charge in [0.2, 0.25) is 0 Å². The third-order valence-electron chi connectivity index (χ3n) is 1.63. The quantitative estimate of drug-likeness (QED) is 0.322. The lowest BCUT2D eigenvalue weighted by atomic mass is 10.1. The van der Waals surface area contributed by atoms with Crippen LogP contribution in [0.2, 0.25) is 0 Å². The van der Waals surface area contributed by atoms with Crippen LogP contribution < -0.4 is 0 Å². The van der Waals surface area contributed by atoms with Gasteiger partial charge < -0.3 is 0 Å². The van der Waals surface area contributed by atoms with Crippen molar-refractivity contribution in [3.63, 3.8) is 0 Å². The fourth-order valence-corrected chi connectivity index (χ4v) is 0.973. The molecular formula is C10H20Al. The fourth-order valence-electron chi connectivity index (χ4n) is 0.973. The lowest BCUT2D eigenvalue weighted by Gasteiger charge is -1.92. The summed E-state index contributed by atoms with van der Waals surface area (Å²) in [5.74, 6) is 0. The summed E-state index contributed by atoms with van der Waals surface area (Å²) in [6, 6.07) is 0. The standard InChI is InChI=1S/C10H20.Al/c1-3-5-7-9-10-8-6-4-2;/h5,7H,3-4,6,8-10H2,1-2H3;. The van der Waals surface area contributed by atoms with Gasteiger partial charge in [0.1, 0.15) is 0 Å². The van der Waals surface area contributed by atoms with Crippen molar-refractivity contribution in [2.45, 2.75) is 52.4 Å². The van der Waals surface area contributed by atoms with Crippen LogP contribution in [-0.4, -0.2) is 17.4 Å². The molecule has 0 amide bonds. The van der Waals surface area contributed by atoms with Crippen molar-refractivity contribution in [2.75, 3.05) is 0 Å². The van der Waals surface area contributed by atoms with Crippen LogP contribution in [0.3, 0.4) is 0 Å². The minimum absolute atomic E-state index is 0. The van der Waals surface area contributed by atoms with E-state index >= 15 is 0 Å². The van der Waals surface area contributed by atoms with Crippen molar-refractivity contribution < 1.29 is 0 Å². The van der Waals surface area contributed by atoms with Crippen molar-refractivity contribution in [2.24, 2.45) is 0 Å². The van der Waals surface area contributed by atoms with E-state index in [9.17, 15) is 0 Å². The van der Waals surface area contributed by atoms with Crippen LogP contribution in [0.5, 0.6) is 0 Å². The first kappa shape index (κ1) is 13.8. The van der Waals surface area contributed by atoms with Crippen LogP contribution in [0.4, 0.5) is 0 Å². The van der Waals surface area contributed by atoms with Gasteiger partial charge in [-0.05, 0) is 19.3 Å². The summed E-state index contributed by atoms with van der Waals surface area (Å²) in [6.07, 6.45) is 12.6. The van der Waals surface area contributed by atoms with Crippen LogP contribution in [-0.2, 0) is 0 Å². The van der Waals surface area contributed by atoms with Crippen molar-refractivity contribution in [3.05, 3.63) is 12.2 Å². The minimum atomic E-state index is 0. The van der Waals surface area contributed by atoms with E-state index in [1.807, 2.05) is 0 Å². The van der Waals surface area contributed by atoms with Gasteiger partial charge in [0.15, 0.2) is 0 Å². The molecule has 0 aliphatic rings. The Labute approximate surface area is 82.2 Å². The highest BCUT2D eigenvalue weighted by Gasteiger charge is 1.82. The molecule has 0 rings (SSSR count). The zero-order chi connectivity index (χ0) is 7.66. The summed E-state index contributed by atoms with van der Waals surface area (Å²) in [5, 5.41) is 0. The topological polar surface area (TPSA) is 0 Å². The second-order valence-corrected chi connectivity index (χ2v) is 2.73. The Morgan fingerprint density at radius 1 is 0.909 bits per heavy atom. The van der Waals surface area contributed by atoms with Gasteiger partial charge in [-0.2, -0.15) is 0 Å². The van der Waals surface area contributed by atoms with Gasteiger partial charge in [-0.15, -0.1) is 0 Å². The highest BCUT2D eigenvalue weighted by Crippen LogP contribution is 2.02. The molecule has 11 heavy (non-hydrogen) atoms. The average molecular weight is 167 g/mol. The van der Waals surface area contributed by atoms with E-state index in [0.717, 1.165) is 0 Å². The molecule has 0 fully saturated rings. The van der Waals surface area contributed by atoms with E-state index in [2.05, 4.69) is 26.0 Å². The minimum Gasteiger partial charge on any atom is -0.0888 e. The maximum atomic E-state index is 2.30. The first-order chi connectivity index (χ1) is 4.91. The molecule has 1 heteroatoms. The molecule has 0 bridgehead atoms. The third-order valence-corrected chi connectivity index (χ3v) is 1.63. The molecule has 0 spiro atoms. The maximum absolute atomic E-state index is 2.30. The normalized spacial score (nSPS) is 10.0. The highest BCUT2D eigenvalue weighted by atomic mass is 27.0. The summed E-state index contributed by atoms with van der Waals surface area (Å²) < 4.78 is 0. The number of rotatable bonds is 6. The van der Waals surface area contributed by atoms with Crippen molar-refractivity contribution in [1.29, 1.82) is 0 Å². The van der Waals surface area contributed by atoms with Gasteiger partial charge in [0.05, 0.1) is 0 Å². The smallest absolute Gasteiger partial charge is 0 e. The Hall–Kier alpha value is 0.272. The van der Waals surface area contributed by atoms with Crippen LogP contribution in [0.1, 0.15) is 52.4 Å². The molecular weight excluding hydrogens is 147 g/mol. The van der Waals surface area contributed by atoms with E-state index in [0.29, 0.717) is 0 Å². The van der Waals surface area contributed by atoms with Crippen LogP contribution in [0.25, 0.3) is 0 Å². The van der Waals surface area contributed by atoms with Gasteiger partial charge in [0, 0.05) is 17.4 Å². The molecule has 0 aromatic heterocycles. The summed E-state index contributed by atoms with van der Waals surface area (Å²) >= 11 is 0. The van der Waals surface area contributed by atoms with Gasteiger partial charge in [-0.1, -0.05) is 45.3 Å². The third kappa shape index (κ3) is 13.3. The zero-order valence-corrected chi connectivity index (χ0v) is 9.13. The number of hydrogen-bond donors (Lipinski definition) is 0. The fraction of sp³-hybridized carbons (Fsp3) is 0.800. The molecule has 63 valence electrons. The number of hydrogen-bond acceptors (Lipinski definition) is 0. The molecule has 3 radical (unpaired) electrons. The van der Waals surface area contributed by atoms with Gasteiger partial charge >= 0.3 is 0 Å². The molecule has 0 aliphatic carbocycles. The Morgan fingerprint density at radius 3 is 2.18 bits per heavy atom. The highest BCUT2D eigenvalue weighted by molar-refractivity contribution is 5.75. The van der Waals surface area contributed by atoms with E-state index < -0.39 is 0 Å². The molecule has 0 atom stereocenters. The number of unbranched alkanes of at least 4 members (excludes halogenated alkanes) is 4. The SMILES string of the molecule is CCC=CCCCCCC.[Al]. The molecule has 0 aromatic carbocycles. The number of allylic oxidation sites excluding steroid dienone is 2. The zero-order valence-electron chi connectivity index (χ0n) is 7.97. The molecule has 0 aliphatic heterocycles. The lowest BCUT2D eigenvalue weighted by Crippen LogP contribution is -1.73. The first-order valence-corrected chi connectivity index (χ1v) is 4.56. The van der Waals surface area contributed by atoms with Gasteiger partial charge in [-0.3, -0.25) is 0 Å². The second-order valence-electron chi connectivity index (χ2n) is 2.73. The second kappa shape index (κ2) is 12.9. The monoisotopic (exact) mass is 167 g/mol. The lowest BCUT2D eigenvalue weighted by molar-refractivity contribution is 0.674. The van der Waals surface area contributed by atoms with E-state index in [1.165, 1.54) is 38.5 Å². The van der Waals surface area contributed by atoms with E-state index in [-0.39, 0.29) is 17.4 Å². The molecule has 0 N–H and O–H groups in total. The maximum Gasteiger partial charge on any atom is 0 e. The predicted molar refractivity (Wildman–Crippen MR) is 53.9 cm³/mol.